The van der Waals surface area contributed by atoms with Crippen molar-refractivity contribution < 1.29 is 14.3 Å². The maximum absolute atomic E-state index is 13.3. The Morgan fingerprint density at radius 2 is 1.76 bits per heavy atom. The zero-order valence-corrected chi connectivity index (χ0v) is 19.1. The zero-order chi connectivity index (χ0) is 23.2. The molecular formula is C27H29N3O3. The van der Waals surface area contributed by atoms with Crippen molar-refractivity contribution >= 4 is 11.8 Å². The van der Waals surface area contributed by atoms with Crippen molar-refractivity contribution in [1.82, 2.24) is 14.8 Å². The molecule has 0 saturated carbocycles. The molecule has 6 heteroatoms. The summed E-state index contributed by atoms with van der Waals surface area (Å²) >= 11 is 0. The lowest BCUT2D eigenvalue weighted by Crippen LogP contribution is -2.59. The number of amides is 2. The van der Waals surface area contributed by atoms with Gasteiger partial charge >= 0.3 is 0 Å². The summed E-state index contributed by atoms with van der Waals surface area (Å²) in [6.45, 7) is 3.74. The molecule has 4 rings (SSSR count). The van der Waals surface area contributed by atoms with Crippen LogP contribution < -0.4 is 4.74 Å². The van der Waals surface area contributed by atoms with E-state index in [4.69, 9.17) is 4.74 Å². The predicted octanol–water partition coefficient (Wildman–Crippen LogP) is 3.60. The molecule has 1 aliphatic heterocycles. The Morgan fingerprint density at radius 1 is 1.00 bits per heavy atom. The molecule has 3 aromatic rings. The minimum Gasteiger partial charge on any atom is -0.497 e. The lowest BCUT2D eigenvalue weighted by Gasteiger charge is -2.40. The first-order valence-corrected chi connectivity index (χ1v) is 11.3. The highest BCUT2D eigenvalue weighted by molar-refractivity contribution is 5.90. The number of hydrogen-bond donors (Lipinski definition) is 0. The summed E-state index contributed by atoms with van der Waals surface area (Å²) in [6.07, 6.45) is 4.29. The highest BCUT2D eigenvalue weighted by Gasteiger charge is 2.36. The van der Waals surface area contributed by atoms with E-state index < -0.39 is 6.04 Å². The van der Waals surface area contributed by atoms with Crippen LogP contribution in [0.4, 0.5) is 0 Å². The summed E-state index contributed by atoms with van der Waals surface area (Å²) in [5.74, 6) is 0.741. The molecule has 33 heavy (non-hydrogen) atoms. The summed E-state index contributed by atoms with van der Waals surface area (Å²) in [6, 6.07) is 19.1. The second kappa shape index (κ2) is 10.3. The lowest BCUT2D eigenvalue weighted by atomic mass is 9.97. The van der Waals surface area contributed by atoms with Crippen molar-refractivity contribution in [2.24, 2.45) is 0 Å². The molecule has 0 aliphatic carbocycles. The standard InChI is InChI=1S/C27H29N3O3/c1-3-29-15-16-30(26(31)19-20-7-9-24(33-2)10-8-20)25(27(29)32)18-21-5-4-6-23(17-21)22-11-13-28-14-12-22/h4-14,17,25H,3,15-16,18-19H2,1-2H3. The van der Waals surface area contributed by atoms with Gasteiger partial charge < -0.3 is 14.5 Å². The Kier molecular flexibility index (Phi) is 7.03. The van der Waals surface area contributed by atoms with E-state index in [0.717, 1.165) is 28.0 Å². The normalized spacial score (nSPS) is 16.1. The largest absolute Gasteiger partial charge is 0.497 e. The fourth-order valence-electron chi connectivity index (χ4n) is 4.31. The van der Waals surface area contributed by atoms with Gasteiger partial charge in [-0.05, 0) is 53.4 Å². The van der Waals surface area contributed by atoms with Crippen molar-refractivity contribution in [3.05, 3.63) is 84.2 Å². The van der Waals surface area contributed by atoms with E-state index in [1.54, 1.807) is 24.4 Å². The molecule has 1 unspecified atom stereocenters. The Balaban J connectivity index is 1.55. The van der Waals surface area contributed by atoms with Crippen LogP contribution in [-0.4, -0.2) is 59.4 Å². The van der Waals surface area contributed by atoms with E-state index in [-0.39, 0.29) is 18.2 Å². The number of aromatic nitrogens is 1. The highest BCUT2D eigenvalue weighted by atomic mass is 16.5. The smallest absolute Gasteiger partial charge is 0.245 e. The van der Waals surface area contributed by atoms with Crippen LogP contribution >= 0.6 is 0 Å². The van der Waals surface area contributed by atoms with Crippen LogP contribution in [0, 0.1) is 0 Å². The molecule has 0 spiro atoms. The molecule has 1 aliphatic rings. The van der Waals surface area contributed by atoms with E-state index in [0.29, 0.717) is 26.1 Å². The first kappa shape index (κ1) is 22.5. The highest BCUT2D eigenvalue weighted by Crippen LogP contribution is 2.23. The van der Waals surface area contributed by atoms with Crippen LogP contribution in [0.15, 0.2) is 73.1 Å². The predicted molar refractivity (Wildman–Crippen MR) is 128 cm³/mol. The average Bonchev–Trinajstić information content (AvgIpc) is 2.86. The molecule has 2 aromatic carbocycles. The van der Waals surface area contributed by atoms with Crippen LogP contribution in [0.1, 0.15) is 18.1 Å². The van der Waals surface area contributed by atoms with Crippen LogP contribution in [-0.2, 0) is 22.4 Å². The van der Waals surface area contributed by atoms with Crippen molar-refractivity contribution in [3.63, 3.8) is 0 Å². The molecule has 0 bridgehead atoms. The third kappa shape index (κ3) is 5.22. The molecule has 170 valence electrons. The number of pyridine rings is 1. The molecule has 0 N–H and O–H groups in total. The van der Waals surface area contributed by atoms with Gasteiger partial charge in [0.25, 0.3) is 0 Å². The molecular weight excluding hydrogens is 414 g/mol. The quantitative estimate of drug-likeness (QED) is 0.560. The van der Waals surface area contributed by atoms with E-state index in [9.17, 15) is 9.59 Å². The van der Waals surface area contributed by atoms with Crippen molar-refractivity contribution in [2.45, 2.75) is 25.8 Å². The number of carbonyl (C=O) groups excluding carboxylic acids is 2. The third-order valence-corrected chi connectivity index (χ3v) is 6.17. The first-order valence-electron chi connectivity index (χ1n) is 11.3. The molecule has 1 aromatic heterocycles. The van der Waals surface area contributed by atoms with E-state index >= 15 is 0 Å². The first-order chi connectivity index (χ1) is 16.1. The van der Waals surface area contributed by atoms with Crippen LogP contribution in [0.25, 0.3) is 11.1 Å². The Bertz CT molecular complexity index is 1100. The van der Waals surface area contributed by atoms with Crippen molar-refractivity contribution in [2.75, 3.05) is 26.7 Å². The molecule has 1 atom stereocenters. The number of likely N-dealkylation sites (N-methyl/N-ethyl adjacent to an activating group) is 1. The summed E-state index contributed by atoms with van der Waals surface area (Å²) in [4.78, 5) is 34.2. The number of nitrogens with zero attached hydrogens (tertiary/aromatic N) is 3. The maximum Gasteiger partial charge on any atom is 0.245 e. The summed E-state index contributed by atoms with van der Waals surface area (Å²) in [5.41, 5.74) is 4.08. The van der Waals surface area contributed by atoms with E-state index in [2.05, 4.69) is 11.1 Å². The van der Waals surface area contributed by atoms with Gasteiger partial charge in [0.1, 0.15) is 11.8 Å². The number of rotatable bonds is 7. The fourth-order valence-corrected chi connectivity index (χ4v) is 4.31. The van der Waals surface area contributed by atoms with Gasteiger partial charge in [-0.25, -0.2) is 0 Å². The monoisotopic (exact) mass is 443 g/mol. The number of hydrogen-bond acceptors (Lipinski definition) is 4. The SMILES string of the molecule is CCN1CCN(C(=O)Cc2ccc(OC)cc2)C(Cc2cccc(-c3ccncc3)c2)C1=O. The minimum absolute atomic E-state index is 0.0149. The molecule has 1 saturated heterocycles. The van der Waals surface area contributed by atoms with Crippen LogP contribution in [0.2, 0.25) is 0 Å². The van der Waals surface area contributed by atoms with E-state index in [1.807, 2.05) is 66.4 Å². The molecule has 0 radical (unpaired) electrons. The fraction of sp³-hybridized carbons (Fsp3) is 0.296. The molecule has 2 heterocycles. The average molecular weight is 444 g/mol. The van der Waals surface area contributed by atoms with Gasteiger partial charge in [0, 0.05) is 38.4 Å². The minimum atomic E-state index is -0.503. The van der Waals surface area contributed by atoms with Gasteiger partial charge in [-0.15, -0.1) is 0 Å². The lowest BCUT2D eigenvalue weighted by molar-refractivity contribution is -0.150. The Hall–Kier alpha value is -3.67. The van der Waals surface area contributed by atoms with Gasteiger partial charge in [-0.2, -0.15) is 0 Å². The Morgan fingerprint density at radius 3 is 2.45 bits per heavy atom. The summed E-state index contributed by atoms with van der Waals surface area (Å²) < 4.78 is 5.20. The third-order valence-electron chi connectivity index (χ3n) is 6.17. The number of piperazine rings is 1. The number of methoxy groups -OCH3 is 1. The topological polar surface area (TPSA) is 62.7 Å². The van der Waals surface area contributed by atoms with E-state index in [1.165, 1.54) is 0 Å². The summed E-state index contributed by atoms with van der Waals surface area (Å²) in [7, 11) is 1.62. The van der Waals surface area contributed by atoms with Gasteiger partial charge in [-0.1, -0.05) is 36.4 Å². The van der Waals surface area contributed by atoms with Crippen molar-refractivity contribution in [3.8, 4) is 16.9 Å². The number of ether oxygens (including phenoxy) is 1. The number of benzene rings is 2. The molecule has 2 amide bonds. The van der Waals surface area contributed by atoms with Gasteiger partial charge in [-0.3, -0.25) is 14.6 Å². The summed E-state index contributed by atoms with van der Waals surface area (Å²) in [5, 5.41) is 0. The Labute approximate surface area is 194 Å². The molecule has 6 nitrogen and oxygen atoms in total. The molecule has 1 fully saturated rings. The van der Waals surface area contributed by atoms with Gasteiger partial charge in [0.05, 0.1) is 13.5 Å². The van der Waals surface area contributed by atoms with Gasteiger partial charge in [0.2, 0.25) is 11.8 Å². The zero-order valence-electron chi connectivity index (χ0n) is 19.1. The number of carbonyl (C=O) groups is 2. The van der Waals surface area contributed by atoms with Crippen LogP contribution in [0.3, 0.4) is 0 Å². The van der Waals surface area contributed by atoms with Gasteiger partial charge in [0.15, 0.2) is 0 Å². The van der Waals surface area contributed by atoms with Crippen LogP contribution in [0.5, 0.6) is 5.75 Å². The second-order valence-corrected chi connectivity index (χ2v) is 8.19. The van der Waals surface area contributed by atoms with Crippen molar-refractivity contribution in [1.29, 1.82) is 0 Å². The maximum atomic E-state index is 13.3. The second-order valence-electron chi connectivity index (χ2n) is 8.19.